The number of urea groups is 1. The number of likely N-dealkylation sites (tertiary alicyclic amines) is 1. The molecule has 2 aliphatic rings. The number of para-hydroxylation sites is 1. The summed E-state index contributed by atoms with van der Waals surface area (Å²) in [5.41, 5.74) is 1.58. The fraction of sp³-hybridized carbons (Fsp3) is 0.462. The maximum absolute atomic E-state index is 14.5. The van der Waals surface area contributed by atoms with Crippen LogP contribution in [0.1, 0.15) is 30.1 Å². The minimum Gasteiger partial charge on any atom is -0.484 e. The summed E-state index contributed by atoms with van der Waals surface area (Å²) in [7, 11) is 3.48. The molecule has 0 spiro atoms. The highest BCUT2D eigenvalue weighted by Crippen LogP contribution is 2.31. The van der Waals surface area contributed by atoms with Crippen LogP contribution in [0.3, 0.4) is 0 Å². The summed E-state index contributed by atoms with van der Waals surface area (Å²) in [5, 5.41) is 3.07. The van der Waals surface area contributed by atoms with E-state index in [2.05, 4.69) is 10.2 Å². The molecule has 1 N–H and O–H groups in total. The molecule has 7 nitrogen and oxygen atoms in total. The molecule has 34 heavy (non-hydrogen) atoms. The molecule has 8 heteroatoms. The molecule has 3 amide bonds. The standard InChI is InChI=1S/C26H33FN4O3/c1-29(2)26(33)31-14-11-19(12-15-31)25(32)28-13-16-30-17-20-7-3-6-10-23(20)34-24(18-30)21-8-4-5-9-22(21)27/h3-10,19,24H,11-18H2,1-2H3,(H,28,32)/t24-/m0/s1. The highest BCUT2D eigenvalue weighted by atomic mass is 19.1. The number of carbonyl (C=O) groups excluding carboxylic acids is 2. The Morgan fingerprint density at radius 3 is 2.53 bits per heavy atom. The fourth-order valence-corrected chi connectivity index (χ4v) is 4.65. The zero-order chi connectivity index (χ0) is 24.1. The summed E-state index contributed by atoms with van der Waals surface area (Å²) < 4.78 is 20.7. The number of hydrogen-bond donors (Lipinski definition) is 1. The Morgan fingerprint density at radius 2 is 1.79 bits per heavy atom. The normalized spacial score (nSPS) is 19.0. The highest BCUT2D eigenvalue weighted by Gasteiger charge is 2.29. The third-order valence-electron chi connectivity index (χ3n) is 6.56. The molecule has 4 rings (SSSR count). The maximum Gasteiger partial charge on any atom is 0.319 e. The van der Waals surface area contributed by atoms with E-state index in [0.29, 0.717) is 57.7 Å². The van der Waals surface area contributed by atoms with Gasteiger partial charge < -0.3 is 19.9 Å². The Morgan fingerprint density at radius 1 is 1.09 bits per heavy atom. The molecule has 2 aromatic carbocycles. The Balaban J connectivity index is 1.33. The van der Waals surface area contributed by atoms with Gasteiger partial charge in [-0.3, -0.25) is 9.69 Å². The van der Waals surface area contributed by atoms with Crippen LogP contribution in [0.2, 0.25) is 0 Å². The first-order valence-corrected chi connectivity index (χ1v) is 11.9. The van der Waals surface area contributed by atoms with Gasteiger partial charge in [-0.15, -0.1) is 0 Å². The van der Waals surface area contributed by atoms with E-state index in [4.69, 9.17) is 4.74 Å². The van der Waals surface area contributed by atoms with Crippen molar-refractivity contribution < 1.29 is 18.7 Å². The molecule has 0 bridgehead atoms. The zero-order valence-electron chi connectivity index (χ0n) is 19.9. The number of carbonyl (C=O) groups is 2. The third kappa shape index (κ3) is 5.67. The highest BCUT2D eigenvalue weighted by molar-refractivity contribution is 5.79. The van der Waals surface area contributed by atoms with Crippen molar-refractivity contribution in [3.05, 3.63) is 65.5 Å². The lowest BCUT2D eigenvalue weighted by Crippen LogP contribution is -2.47. The summed E-state index contributed by atoms with van der Waals surface area (Å²) in [6.45, 7) is 3.52. The Kier molecular flexibility index (Phi) is 7.67. The van der Waals surface area contributed by atoms with Gasteiger partial charge in [-0.25, -0.2) is 9.18 Å². The van der Waals surface area contributed by atoms with Gasteiger partial charge in [0.25, 0.3) is 0 Å². The average Bonchev–Trinajstić information content (AvgIpc) is 3.03. The molecule has 0 unspecified atom stereocenters. The van der Waals surface area contributed by atoms with Gasteiger partial charge in [0.15, 0.2) is 0 Å². The van der Waals surface area contributed by atoms with Crippen LogP contribution in [-0.4, -0.2) is 73.5 Å². The summed E-state index contributed by atoms with van der Waals surface area (Å²) in [6.07, 6.45) is 0.913. The molecule has 2 aliphatic heterocycles. The summed E-state index contributed by atoms with van der Waals surface area (Å²) in [5.74, 6) is 0.445. The molecule has 1 saturated heterocycles. The van der Waals surface area contributed by atoms with Crippen LogP contribution >= 0.6 is 0 Å². The number of halogens is 1. The van der Waals surface area contributed by atoms with Crippen LogP contribution in [0.15, 0.2) is 48.5 Å². The van der Waals surface area contributed by atoms with E-state index in [1.807, 2.05) is 30.3 Å². The molecule has 0 radical (unpaired) electrons. The first-order valence-electron chi connectivity index (χ1n) is 11.9. The van der Waals surface area contributed by atoms with Crippen LogP contribution in [0.25, 0.3) is 0 Å². The molecular weight excluding hydrogens is 435 g/mol. The lowest BCUT2D eigenvalue weighted by atomic mass is 9.96. The van der Waals surface area contributed by atoms with E-state index in [1.54, 1.807) is 36.0 Å². The van der Waals surface area contributed by atoms with Crippen molar-refractivity contribution in [2.45, 2.75) is 25.5 Å². The van der Waals surface area contributed by atoms with Crippen LogP contribution < -0.4 is 10.1 Å². The average molecular weight is 469 g/mol. The van der Waals surface area contributed by atoms with Gasteiger partial charge in [0.1, 0.15) is 17.7 Å². The Hall–Kier alpha value is -3.13. The minimum atomic E-state index is -0.431. The van der Waals surface area contributed by atoms with E-state index < -0.39 is 6.10 Å². The molecule has 0 aromatic heterocycles. The Labute approximate surface area is 200 Å². The maximum atomic E-state index is 14.5. The molecule has 182 valence electrons. The van der Waals surface area contributed by atoms with E-state index in [1.165, 1.54) is 6.07 Å². The van der Waals surface area contributed by atoms with Crippen molar-refractivity contribution in [2.75, 3.05) is 46.8 Å². The van der Waals surface area contributed by atoms with Gasteiger partial charge in [0, 0.05) is 70.4 Å². The predicted octanol–water partition coefficient (Wildman–Crippen LogP) is 3.27. The van der Waals surface area contributed by atoms with Crippen molar-refractivity contribution in [3.63, 3.8) is 0 Å². The van der Waals surface area contributed by atoms with E-state index >= 15 is 0 Å². The van der Waals surface area contributed by atoms with Gasteiger partial charge in [-0.2, -0.15) is 0 Å². The lowest BCUT2D eigenvalue weighted by Gasteiger charge is -2.33. The molecular formula is C26H33FN4O3. The van der Waals surface area contributed by atoms with Crippen molar-refractivity contribution >= 4 is 11.9 Å². The number of nitrogens with zero attached hydrogens (tertiary/aromatic N) is 3. The quantitative estimate of drug-likeness (QED) is 0.732. The third-order valence-corrected chi connectivity index (χ3v) is 6.56. The molecule has 2 aromatic rings. The number of ether oxygens (including phenoxy) is 1. The van der Waals surface area contributed by atoms with Crippen LogP contribution in [0.4, 0.5) is 9.18 Å². The zero-order valence-corrected chi connectivity index (χ0v) is 19.9. The number of hydrogen-bond acceptors (Lipinski definition) is 4. The number of piperidine rings is 1. The van der Waals surface area contributed by atoms with Crippen LogP contribution in [0, 0.1) is 11.7 Å². The first kappa shape index (κ1) is 24.0. The number of benzene rings is 2. The summed E-state index contributed by atoms with van der Waals surface area (Å²) >= 11 is 0. The minimum absolute atomic E-state index is 0.00747. The molecule has 0 aliphatic carbocycles. The number of fused-ring (bicyclic) bond motifs is 1. The van der Waals surface area contributed by atoms with Crippen molar-refractivity contribution in [2.24, 2.45) is 5.92 Å². The largest absolute Gasteiger partial charge is 0.484 e. The Bertz CT molecular complexity index is 1010. The van der Waals surface area contributed by atoms with E-state index in [0.717, 1.165) is 11.3 Å². The van der Waals surface area contributed by atoms with Crippen LogP contribution in [0.5, 0.6) is 5.75 Å². The smallest absolute Gasteiger partial charge is 0.319 e. The van der Waals surface area contributed by atoms with Crippen molar-refractivity contribution in [1.29, 1.82) is 0 Å². The summed E-state index contributed by atoms with van der Waals surface area (Å²) in [4.78, 5) is 30.4. The fourth-order valence-electron chi connectivity index (χ4n) is 4.65. The number of amides is 3. The van der Waals surface area contributed by atoms with Gasteiger partial charge in [-0.1, -0.05) is 36.4 Å². The van der Waals surface area contributed by atoms with Crippen molar-refractivity contribution in [3.8, 4) is 5.75 Å². The molecule has 0 saturated carbocycles. The SMILES string of the molecule is CN(C)C(=O)N1CCC(C(=O)NCCN2Cc3ccccc3O[C@H](c3ccccc3F)C2)CC1. The second-order valence-corrected chi connectivity index (χ2v) is 9.20. The van der Waals surface area contributed by atoms with Gasteiger partial charge in [0.2, 0.25) is 5.91 Å². The second-order valence-electron chi connectivity index (χ2n) is 9.20. The first-order chi connectivity index (χ1) is 16.4. The molecule has 1 atom stereocenters. The number of nitrogens with one attached hydrogen (secondary N) is 1. The topological polar surface area (TPSA) is 65.1 Å². The predicted molar refractivity (Wildman–Crippen MR) is 128 cm³/mol. The van der Waals surface area contributed by atoms with Gasteiger partial charge in [0.05, 0.1) is 0 Å². The van der Waals surface area contributed by atoms with E-state index in [9.17, 15) is 14.0 Å². The molecule has 2 heterocycles. The summed E-state index contributed by atoms with van der Waals surface area (Å²) in [6, 6.07) is 14.5. The number of rotatable bonds is 5. The van der Waals surface area contributed by atoms with E-state index in [-0.39, 0.29) is 23.7 Å². The van der Waals surface area contributed by atoms with Gasteiger partial charge in [-0.05, 0) is 25.0 Å². The molecule has 1 fully saturated rings. The monoisotopic (exact) mass is 468 g/mol. The second kappa shape index (κ2) is 10.9. The van der Waals surface area contributed by atoms with Gasteiger partial charge >= 0.3 is 6.03 Å². The lowest BCUT2D eigenvalue weighted by molar-refractivity contribution is -0.126. The van der Waals surface area contributed by atoms with Crippen molar-refractivity contribution in [1.82, 2.24) is 20.0 Å². The van der Waals surface area contributed by atoms with Crippen LogP contribution in [-0.2, 0) is 11.3 Å².